The van der Waals surface area contributed by atoms with Gasteiger partial charge in [0.1, 0.15) is 23.4 Å². The Hall–Kier alpha value is -4.01. The first-order valence-corrected chi connectivity index (χ1v) is 10.00. The standard InChI is InChI=1S/C23H21FN4O4/c1-32-18-7-6-15(24)13-16(18)21(29)19-20(17-5-2-3-8-26-17)28(23(31)22(19)30)11-4-10-27-12-9-25-14-27/h2-3,5-9,12-14,20,29H,4,10-11H2,1H3/t20-/m1/s1. The summed E-state index contributed by atoms with van der Waals surface area (Å²) in [7, 11) is 1.37. The number of ether oxygens (including phenoxy) is 1. The Morgan fingerprint density at radius 3 is 2.72 bits per heavy atom. The van der Waals surface area contributed by atoms with Crippen LogP contribution in [0.4, 0.5) is 4.39 Å². The maximum atomic E-state index is 13.9. The van der Waals surface area contributed by atoms with Crippen molar-refractivity contribution in [3.05, 3.63) is 84.0 Å². The smallest absolute Gasteiger partial charge is 0.295 e. The molecular formula is C23H21FN4O4. The summed E-state index contributed by atoms with van der Waals surface area (Å²) in [5, 5.41) is 11.1. The Bertz CT molecular complexity index is 1160. The molecule has 0 saturated carbocycles. The number of imidazole rings is 1. The molecule has 0 bridgehead atoms. The van der Waals surface area contributed by atoms with Crippen molar-refractivity contribution in [1.82, 2.24) is 19.4 Å². The number of nitrogens with zero attached hydrogens (tertiary/aromatic N) is 4. The Morgan fingerprint density at radius 2 is 2.03 bits per heavy atom. The van der Waals surface area contributed by atoms with Gasteiger partial charge in [0.05, 0.1) is 30.3 Å². The van der Waals surface area contributed by atoms with Gasteiger partial charge < -0.3 is 19.3 Å². The molecule has 1 aromatic carbocycles. The van der Waals surface area contributed by atoms with Crippen molar-refractivity contribution < 1.29 is 23.8 Å². The van der Waals surface area contributed by atoms with Crippen molar-refractivity contribution in [2.45, 2.75) is 19.0 Å². The summed E-state index contributed by atoms with van der Waals surface area (Å²) < 4.78 is 21.0. The van der Waals surface area contributed by atoms with Gasteiger partial charge in [-0.3, -0.25) is 14.6 Å². The molecule has 9 heteroatoms. The van der Waals surface area contributed by atoms with E-state index in [0.29, 0.717) is 18.7 Å². The van der Waals surface area contributed by atoms with E-state index in [9.17, 15) is 19.1 Å². The van der Waals surface area contributed by atoms with Crippen molar-refractivity contribution >= 4 is 17.4 Å². The van der Waals surface area contributed by atoms with Gasteiger partial charge in [0, 0.05) is 31.7 Å². The minimum Gasteiger partial charge on any atom is -0.507 e. The molecule has 0 radical (unpaired) electrons. The fraction of sp³-hybridized carbons (Fsp3) is 0.217. The predicted octanol–water partition coefficient (Wildman–Crippen LogP) is 2.94. The summed E-state index contributed by atoms with van der Waals surface area (Å²) in [5.74, 6) is -2.55. The number of amides is 1. The van der Waals surface area contributed by atoms with E-state index in [-0.39, 0.29) is 23.4 Å². The van der Waals surface area contributed by atoms with Gasteiger partial charge in [-0.2, -0.15) is 0 Å². The highest BCUT2D eigenvalue weighted by Crippen LogP contribution is 2.40. The largest absolute Gasteiger partial charge is 0.507 e. The molecule has 0 aliphatic carbocycles. The molecule has 1 amide bonds. The normalized spacial score (nSPS) is 17.7. The number of aliphatic hydroxyl groups is 1. The van der Waals surface area contributed by atoms with Crippen LogP contribution in [0.25, 0.3) is 5.76 Å². The molecular weight excluding hydrogens is 415 g/mol. The van der Waals surface area contributed by atoms with Crippen LogP contribution in [0, 0.1) is 5.82 Å². The second kappa shape index (κ2) is 9.01. The zero-order valence-corrected chi connectivity index (χ0v) is 17.3. The highest BCUT2D eigenvalue weighted by Gasteiger charge is 2.46. The first kappa shape index (κ1) is 21.2. The predicted molar refractivity (Wildman–Crippen MR) is 113 cm³/mol. The summed E-state index contributed by atoms with van der Waals surface area (Å²) in [4.78, 5) is 35.6. The number of hydrogen-bond donors (Lipinski definition) is 1. The van der Waals surface area contributed by atoms with Gasteiger partial charge in [-0.05, 0) is 36.8 Å². The van der Waals surface area contributed by atoms with Crippen LogP contribution in [0.3, 0.4) is 0 Å². The number of likely N-dealkylation sites (tertiary alicyclic amines) is 1. The fourth-order valence-corrected chi connectivity index (χ4v) is 3.81. The molecule has 0 unspecified atom stereocenters. The SMILES string of the molecule is COc1ccc(F)cc1C(O)=C1C(=O)C(=O)N(CCCn2ccnc2)[C@@H]1c1ccccn1. The van der Waals surface area contributed by atoms with E-state index in [1.165, 1.54) is 24.1 Å². The Balaban J connectivity index is 1.76. The van der Waals surface area contributed by atoms with E-state index in [0.717, 1.165) is 6.07 Å². The average Bonchev–Trinajstić information content (AvgIpc) is 3.41. The number of aliphatic hydroxyl groups excluding tert-OH is 1. The first-order valence-electron chi connectivity index (χ1n) is 10.00. The first-order chi connectivity index (χ1) is 15.5. The molecule has 3 aromatic rings. The van der Waals surface area contributed by atoms with Crippen LogP contribution in [-0.4, -0.2) is 49.9 Å². The third-order valence-corrected chi connectivity index (χ3v) is 5.30. The van der Waals surface area contributed by atoms with Gasteiger partial charge in [0.2, 0.25) is 0 Å². The van der Waals surface area contributed by atoms with Gasteiger partial charge in [0.15, 0.2) is 0 Å². The molecule has 8 nitrogen and oxygen atoms in total. The highest BCUT2D eigenvalue weighted by molar-refractivity contribution is 6.46. The second-order valence-electron chi connectivity index (χ2n) is 7.25. The van der Waals surface area contributed by atoms with Crippen LogP contribution in [0.5, 0.6) is 5.75 Å². The van der Waals surface area contributed by atoms with Crippen LogP contribution < -0.4 is 4.74 Å². The Labute approximate surface area is 183 Å². The zero-order valence-electron chi connectivity index (χ0n) is 17.3. The molecule has 1 aliphatic rings. The lowest BCUT2D eigenvalue weighted by atomic mass is 9.97. The lowest BCUT2D eigenvalue weighted by Gasteiger charge is -2.24. The van der Waals surface area contributed by atoms with Crippen molar-refractivity contribution in [3.8, 4) is 5.75 Å². The van der Waals surface area contributed by atoms with E-state index >= 15 is 0 Å². The molecule has 2 aromatic heterocycles. The lowest BCUT2D eigenvalue weighted by molar-refractivity contribution is -0.140. The van der Waals surface area contributed by atoms with E-state index in [2.05, 4.69) is 9.97 Å². The van der Waals surface area contributed by atoms with E-state index in [4.69, 9.17) is 4.74 Å². The van der Waals surface area contributed by atoms with Crippen molar-refractivity contribution in [3.63, 3.8) is 0 Å². The zero-order chi connectivity index (χ0) is 22.7. The lowest BCUT2D eigenvalue weighted by Crippen LogP contribution is -2.31. The summed E-state index contributed by atoms with van der Waals surface area (Å²) in [6.45, 7) is 0.844. The Kier molecular flexibility index (Phi) is 5.98. The van der Waals surface area contributed by atoms with E-state index < -0.39 is 29.3 Å². The van der Waals surface area contributed by atoms with E-state index in [1.54, 1.807) is 43.1 Å². The summed E-state index contributed by atoms with van der Waals surface area (Å²) >= 11 is 0. The highest BCUT2D eigenvalue weighted by atomic mass is 19.1. The number of ketones is 1. The minimum atomic E-state index is -0.910. The van der Waals surface area contributed by atoms with Crippen LogP contribution in [-0.2, 0) is 16.1 Å². The number of aromatic nitrogens is 3. The van der Waals surface area contributed by atoms with Crippen LogP contribution >= 0.6 is 0 Å². The van der Waals surface area contributed by atoms with Gasteiger partial charge in [-0.15, -0.1) is 0 Å². The van der Waals surface area contributed by atoms with Crippen molar-refractivity contribution in [2.75, 3.05) is 13.7 Å². The van der Waals surface area contributed by atoms with Crippen LogP contribution in [0.15, 0.2) is 66.9 Å². The minimum absolute atomic E-state index is 0.00940. The van der Waals surface area contributed by atoms with Crippen LogP contribution in [0.2, 0.25) is 0 Å². The molecule has 164 valence electrons. The molecule has 1 N–H and O–H groups in total. The van der Waals surface area contributed by atoms with E-state index in [1.807, 2.05) is 4.57 Å². The third kappa shape index (κ3) is 3.96. The average molecular weight is 436 g/mol. The number of halogens is 1. The quantitative estimate of drug-likeness (QED) is 0.348. The topological polar surface area (TPSA) is 97.6 Å². The van der Waals surface area contributed by atoms with Crippen LogP contribution in [0.1, 0.15) is 23.7 Å². The van der Waals surface area contributed by atoms with Gasteiger partial charge in [-0.1, -0.05) is 6.07 Å². The number of pyridine rings is 1. The van der Waals surface area contributed by atoms with Gasteiger partial charge in [-0.25, -0.2) is 9.37 Å². The molecule has 0 spiro atoms. The van der Waals surface area contributed by atoms with Gasteiger partial charge in [0.25, 0.3) is 11.7 Å². The van der Waals surface area contributed by atoms with Crippen molar-refractivity contribution in [2.24, 2.45) is 0 Å². The number of rotatable bonds is 7. The summed E-state index contributed by atoms with van der Waals surface area (Å²) in [6, 6.07) is 7.81. The number of carbonyl (C=O) groups excluding carboxylic acids is 2. The maximum absolute atomic E-state index is 13.9. The van der Waals surface area contributed by atoms with Gasteiger partial charge >= 0.3 is 0 Å². The van der Waals surface area contributed by atoms with Crippen molar-refractivity contribution in [1.29, 1.82) is 0 Å². The number of benzene rings is 1. The number of carbonyl (C=O) groups is 2. The molecule has 1 fully saturated rings. The molecule has 1 aliphatic heterocycles. The summed E-state index contributed by atoms with van der Waals surface area (Å²) in [5.41, 5.74) is 0.260. The number of aryl methyl sites for hydroxylation is 1. The molecule has 1 atom stereocenters. The molecule has 3 heterocycles. The number of Topliss-reactive ketones (excluding diaryl/α,β-unsaturated/α-hetero) is 1. The molecule has 32 heavy (non-hydrogen) atoms. The monoisotopic (exact) mass is 436 g/mol. The summed E-state index contributed by atoms with van der Waals surface area (Å²) in [6.07, 6.45) is 7.23. The maximum Gasteiger partial charge on any atom is 0.295 e. The number of methoxy groups -OCH3 is 1. The fourth-order valence-electron chi connectivity index (χ4n) is 3.81. The number of hydrogen-bond acceptors (Lipinski definition) is 6. The third-order valence-electron chi connectivity index (χ3n) is 5.30. The molecule has 1 saturated heterocycles. The Morgan fingerprint density at radius 1 is 1.19 bits per heavy atom. The molecule has 4 rings (SSSR count). The second-order valence-corrected chi connectivity index (χ2v) is 7.25.